The number of aryl methyl sites for hydroxylation is 1. The van der Waals surface area contributed by atoms with Crippen molar-refractivity contribution < 1.29 is 14.3 Å². The summed E-state index contributed by atoms with van der Waals surface area (Å²) in [5.74, 6) is 0.0258. The second-order valence-corrected chi connectivity index (χ2v) is 5.56. The standard InChI is InChI=1S/C18H20N2O4/c1-11-7-8-15(18(23)20-11)10-19-17(22)13(3)24-16-6-4-5-14(9-16)12(2)21/h4-9,13H,10H2,1-3H3,(H,19,22)(H,20,23)/t13-/m0/s1. The van der Waals surface area contributed by atoms with Crippen LogP contribution in [-0.2, 0) is 11.3 Å². The molecule has 1 heterocycles. The highest BCUT2D eigenvalue weighted by Crippen LogP contribution is 2.15. The van der Waals surface area contributed by atoms with Gasteiger partial charge in [0.15, 0.2) is 11.9 Å². The van der Waals surface area contributed by atoms with Gasteiger partial charge in [-0.1, -0.05) is 18.2 Å². The van der Waals surface area contributed by atoms with Crippen molar-refractivity contribution in [3.8, 4) is 5.75 Å². The van der Waals surface area contributed by atoms with Crippen LogP contribution < -0.4 is 15.6 Å². The third-order valence-electron chi connectivity index (χ3n) is 3.51. The van der Waals surface area contributed by atoms with E-state index in [1.165, 1.54) is 6.92 Å². The molecule has 0 fully saturated rings. The predicted octanol–water partition coefficient (Wildman–Crippen LogP) is 1.97. The van der Waals surface area contributed by atoms with Gasteiger partial charge < -0.3 is 15.0 Å². The van der Waals surface area contributed by atoms with Crippen LogP contribution in [0.1, 0.15) is 35.5 Å². The Morgan fingerprint density at radius 3 is 2.67 bits per heavy atom. The van der Waals surface area contributed by atoms with Crippen molar-refractivity contribution in [1.82, 2.24) is 10.3 Å². The van der Waals surface area contributed by atoms with Gasteiger partial charge in [-0.05, 0) is 39.0 Å². The van der Waals surface area contributed by atoms with Crippen LogP contribution in [0.25, 0.3) is 0 Å². The van der Waals surface area contributed by atoms with Gasteiger partial charge >= 0.3 is 0 Å². The maximum atomic E-state index is 12.1. The third-order valence-corrected chi connectivity index (χ3v) is 3.51. The SMILES string of the molecule is CC(=O)c1cccc(O[C@@H](C)C(=O)NCc2ccc(C)[nH]c2=O)c1. The van der Waals surface area contributed by atoms with E-state index < -0.39 is 6.10 Å². The van der Waals surface area contributed by atoms with Crippen molar-refractivity contribution >= 4 is 11.7 Å². The molecule has 0 saturated heterocycles. The zero-order valence-electron chi connectivity index (χ0n) is 13.9. The Morgan fingerprint density at radius 2 is 2.00 bits per heavy atom. The van der Waals surface area contributed by atoms with E-state index in [2.05, 4.69) is 10.3 Å². The number of H-pyrrole nitrogens is 1. The van der Waals surface area contributed by atoms with Gasteiger partial charge in [-0.2, -0.15) is 0 Å². The Morgan fingerprint density at radius 1 is 1.25 bits per heavy atom. The van der Waals surface area contributed by atoms with E-state index in [1.54, 1.807) is 50.2 Å². The van der Waals surface area contributed by atoms with Crippen molar-refractivity contribution in [3.05, 3.63) is 63.6 Å². The maximum absolute atomic E-state index is 12.1. The van der Waals surface area contributed by atoms with E-state index in [9.17, 15) is 14.4 Å². The number of carbonyl (C=O) groups excluding carboxylic acids is 2. The summed E-state index contributed by atoms with van der Waals surface area (Å²) in [6.07, 6.45) is -0.753. The van der Waals surface area contributed by atoms with Gasteiger partial charge in [0.2, 0.25) is 0 Å². The first kappa shape index (κ1) is 17.5. The summed E-state index contributed by atoms with van der Waals surface area (Å²) in [6, 6.07) is 10.1. The number of hydrogen-bond acceptors (Lipinski definition) is 4. The number of pyridine rings is 1. The number of nitrogens with one attached hydrogen (secondary N) is 2. The molecule has 6 heteroatoms. The molecule has 126 valence electrons. The van der Waals surface area contributed by atoms with E-state index in [4.69, 9.17) is 4.74 Å². The molecule has 1 aromatic heterocycles. The quantitative estimate of drug-likeness (QED) is 0.794. The minimum absolute atomic E-state index is 0.0730. The number of aromatic amines is 1. The molecule has 0 aliphatic rings. The topological polar surface area (TPSA) is 88.3 Å². The van der Waals surface area contributed by atoms with E-state index in [1.807, 2.05) is 0 Å². The summed E-state index contributed by atoms with van der Waals surface area (Å²) in [5, 5.41) is 2.67. The Bertz CT molecular complexity index is 811. The van der Waals surface area contributed by atoms with E-state index in [-0.39, 0.29) is 23.8 Å². The summed E-state index contributed by atoms with van der Waals surface area (Å²) in [7, 11) is 0. The van der Waals surface area contributed by atoms with E-state index in [0.717, 1.165) is 5.69 Å². The van der Waals surface area contributed by atoms with Crippen molar-refractivity contribution in [2.45, 2.75) is 33.4 Å². The van der Waals surface area contributed by atoms with Crippen LogP contribution >= 0.6 is 0 Å². The molecule has 0 radical (unpaired) electrons. The van der Waals surface area contributed by atoms with Crippen LogP contribution in [0.4, 0.5) is 0 Å². The Hall–Kier alpha value is -2.89. The lowest BCUT2D eigenvalue weighted by Crippen LogP contribution is -2.37. The molecule has 2 rings (SSSR count). The second kappa shape index (κ2) is 7.59. The lowest BCUT2D eigenvalue weighted by Gasteiger charge is -2.15. The molecule has 0 unspecified atom stereocenters. The molecule has 0 aliphatic heterocycles. The molecule has 0 bridgehead atoms. The summed E-state index contributed by atoms with van der Waals surface area (Å²) in [4.78, 5) is 37.9. The monoisotopic (exact) mass is 328 g/mol. The number of amides is 1. The van der Waals surface area contributed by atoms with Crippen LogP contribution in [0.3, 0.4) is 0 Å². The normalized spacial score (nSPS) is 11.6. The molecule has 2 aromatic rings. The van der Waals surface area contributed by atoms with E-state index >= 15 is 0 Å². The minimum Gasteiger partial charge on any atom is -0.481 e. The van der Waals surface area contributed by atoms with Gasteiger partial charge in [0, 0.05) is 23.4 Å². The number of Topliss-reactive ketones (excluding diaryl/α,β-unsaturated/α-hetero) is 1. The largest absolute Gasteiger partial charge is 0.481 e. The zero-order valence-corrected chi connectivity index (χ0v) is 13.9. The average molecular weight is 328 g/mol. The third kappa shape index (κ3) is 4.55. The van der Waals surface area contributed by atoms with Crippen molar-refractivity contribution in [2.75, 3.05) is 0 Å². The Labute approximate surface area is 139 Å². The fraction of sp³-hybridized carbons (Fsp3) is 0.278. The highest BCUT2D eigenvalue weighted by atomic mass is 16.5. The molecule has 6 nitrogen and oxygen atoms in total. The van der Waals surface area contributed by atoms with Gasteiger partial charge in [0.05, 0.1) is 0 Å². The van der Waals surface area contributed by atoms with Crippen LogP contribution in [0.15, 0.2) is 41.2 Å². The average Bonchev–Trinajstić information content (AvgIpc) is 2.54. The highest BCUT2D eigenvalue weighted by Gasteiger charge is 2.15. The summed E-state index contributed by atoms with van der Waals surface area (Å²) >= 11 is 0. The van der Waals surface area contributed by atoms with Crippen LogP contribution in [-0.4, -0.2) is 22.8 Å². The molecule has 0 saturated carbocycles. The van der Waals surface area contributed by atoms with Crippen molar-refractivity contribution in [2.24, 2.45) is 0 Å². The number of carbonyl (C=O) groups is 2. The predicted molar refractivity (Wildman–Crippen MR) is 90.2 cm³/mol. The molecule has 24 heavy (non-hydrogen) atoms. The summed E-state index contributed by atoms with van der Waals surface area (Å²) < 4.78 is 5.55. The lowest BCUT2D eigenvalue weighted by atomic mass is 10.1. The summed E-state index contributed by atoms with van der Waals surface area (Å²) in [6.45, 7) is 4.98. The first-order valence-electron chi connectivity index (χ1n) is 7.61. The van der Waals surface area contributed by atoms with Gasteiger partial charge in [-0.3, -0.25) is 14.4 Å². The molecule has 0 spiro atoms. The molecule has 1 amide bonds. The van der Waals surface area contributed by atoms with Crippen LogP contribution in [0, 0.1) is 6.92 Å². The highest BCUT2D eigenvalue weighted by molar-refractivity contribution is 5.94. The fourth-order valence-electron chi connectivity index (χ4n) is 2.11. The number of ketones is 1. The Balaban J connectivity index is 1.96. The Kier molecular flexibility index (Phi) is 5.52. The van der Waals surface area contributed by atoms with Crippen molar-refractivity contribution in [3.63, 3.8) is 0 Å². The van der Waals surface area contributed by atoms with E-state index in [0.29, 0.717) is 16.9 Å². The zero-order chi connectivity index (χ0) is 17.7. The number of rotatable bonds is 6. The molecular weight excluding hydrogens is 308 g/mol. The second-order valence-electron chi connectivity index (χ2n) is 5.56. The van der Waals surface area contributed by atoms with Gasteiger partial charge in [-0.15, -0.1) is 0 Å². The van der Waals surface area contributed by atoms with Gasteiger partial charge in [0.1, 0.15) is 5.75 Å². The van der Waals surface area contributed by atoms with Crippen molar-refractivity contribution in [1.29, 1.82) is 0 Å². The smallest absolute Gasteiger partial charge is 0.261 e. The number of aromatic nitrogens is 1. The molecule has 2 N–H and O–H groups in total. The minimum atomic E-state index is -0.753. The molecule has 1 atom stereocenters. The molecular formula is C18H20N2O4. The molecule has 1 aromatic carbocycles. The van der Waals surface area contributed by atoms with Crippen LogP contribution in [0.5, 0.6) is 5.75 Å². The van der Waals surface area contributed by atoms with Gasteiger partial charge in [0.25, 0.3) is 11.5 Å². The first-order valence-corrected chi connectivity index (χ1v) is 7.61. The number of benzene rings is 1. The molecule has 0 aliphatic carbocycles. The fourth-order valence-corrected chi connectivity index (χ4v) is 2.11. The summed E-state index contributed by atoms with van der Waals surface area (Å²) in [5.41, 5.74) is 1.53. The number of hydrogen-bond donors (Lipinski definition) is 2. The maximum Gasteiger partial charge on any atom is 0.261 e. The lowest BCUT2D eigenvalue weighted by molar-refractivity contribution is -0.127. The first-order chi connectivity index (χ1) is 11.4. The van der Waals surface area contributed by atoms with Crippen LogP contribution in [0.2, 0.25) is 0 Å². The van der Waals surface area contributed by atoms with Gasteiger partial charge in [-0.25, -0.2) is 0 Å². The number of ether oxygens (including phenoxy) is 1.